The second-order valence-corrected chi connectivity index (χ2v) is 11.7. The van der Waals surface area contributed by atoms with Gasteiger partial charge in [0.2, 0.25) is 15.9 Å². The molecule has 0 spiro atoms. The number of hydrogen-bond acceptors (Lipinski definition) is 6. The molecule has 1 atom stereocenters. The quantitative estimate of drug-likeness (QED) is 0.646. The van der Waals surface area contributed by atoms with Gasteiger partial charge in [0.05, 0.1) is 17.0 Å². The molecule has 0 radical (unpaired) electrons. The number of carbonyl (C=O) groups is 3. The zero-order chi connectivity index (χ0) is 24.6. The lowest BCUT2D eigenvalue weighted by molar-refractivity contribution is -0.129. The van der Waals surface area contributed by atoms with Crippen molar-refractivity contribution < 1.29 is 22.8 Å². The number of amides is 3. The molecule has 0 bridgehead atoms. The largest absolute Gasteiger partial charge is 0.365 e. The number of fused-ring (bicyclic) bond motifs is 1. The number of hydrogen-bond donors (Lipinski definition) is 2. The highest BCUT2D eigenvalue weighted by molar-refractivity contribution is 7.89. The van der Waals surface area contributed by atoms with E-state index in [1.54, 1.807) is 4.90 Å². The summed E-state index contributed by atoms with van der Waals surface area (Å²) in [5.41, 5.74) is 6.91. The monoisotopic (exact) mass is 504 g/mol. The molecule has 3 heterocycles. The van der Waals surface area contributed by atoms with Gasteiger partial charge in [0, 0.05) is 36.5 Å². The molecule has 1 aromatic heterocycles. The van der Waals surface area contributed by atoms with E-state index in [9.17, 15) is 22.8 Å². The predicted octanol–water partition coefficient (Wildman–Crippen LogP) is 2.57. The van der Waals surface area contributed by atoms with Crippen LogP contribution in [0, 0.1) is 0 Å². The highest BCUT2D eigenvalue weighted by Gasteiger charge is 2.31. The van der Waals surface area contributed by atoms with E-state index < -0.39 is 21.8 Å². The number of rotatable bonds is 5. The minimum Gasteiger partial charge on any atom is -0.365 e. The molecule has 0 unspecified atom stereocenters. The number of nitrogens with one attached hydrogen (secondary N) is 1. The minimum absolute atomic E-state index is 0.0563. The molecular formula is C23H28N4O5S2. The van der Waals surface area contributed by atoms with Crippen LogP contribution in [0.5, 0.6) is 0 Å². The fourth-order valence-electron chi connectivity index (χ4n) is 4.54. The van der Waals surface area contributed by atoms with Crippen LogP contribution >= 0.6 is 11.3 Å². The van der Waals surface area contributed by atoms with E-state index in [0.717, 1.165) is 29.7 Å². The van der Waals surface area contributed by atoms with Gasteiger partial charge >= 0.3 is 0 Å². The Morgan fingerprint density at radius 1 is 1.12 bits per heavy atom. The molecule has 2 aromatic rings. The number of benzene rings is 1. The van der Waals surface area contributed by atoms with Crippen molar-refractivity contribution in [3.63, 3.8) is 0 Å². The summed E-state index contributed by atoms with van der Waals surface area (Å²) in [6.07, 6.45) is 3.16. The van der Waals surface area contributed by atoms with Crippen LogP contribution in [0.4, 0.5) is 5.00 Å². The number of anilines is 1. The van der Waals surface area contributed by atoms with E-state index in [1.165, 1.54) is 46.8 Å². The Balaban J connectivity index is 1.55. The summed E-state index contributed by atoms with van der Waals surface area (Å²) < 4.78 is 27.6. The van der Waals surface area contributed by atoms with Crippen molar-refractivity contribution in [2.24, 2.45) is 5.73 Å². The molecule has 1 saturated heterocycles. The van der Waals surface area contributed by atoms with E-state index in [4.69, 9.17) is 5.73 Å². The lowest BCUT2D eigenvalue weighted by Crippen LogP contribution is -2.41. The van der Waals surface area contributed by atoms with Gasteiger partial charge < -0.3 is 16.0 Å². The van der Waals surface area contributed by atoms with E-state index in [2.05, 4.69) is 5.32 Å². The molecule has 182 valence electrons. The first-order valence-corrected chi connectivity index (χ1v) is 13.5. The maximum absolute atomic E-state index is 13.0. The number of nitrogens with two attached hydrogens (primary N) is 1. The molecule has 1 aromatic carbocycles. The maximum atomic E-state index is 13.0. The van der Waals surface area contributed by atoms with Gasteiger partial charge in [-0.15, -0.1) is 11.3 Å². The molecule has 0 saturated carbocycles. The van der Waals surface area contributed by atoms with Crippen LogP contribution < -0.4 is 11.1 Å². The Kier molecular flexibility index (Phi) is 6.79. The number of sulfonamides is 1. The Hall–Kier alpha value is -2.76. The van der Waals surface area contributed by atoms with Crippen molar-refractivity contribution in [1.29, 1.82) is 0 Å². The Labute approximate surface area is 203 Å². The molecule has 0 aliphatic carbocycles. The fraction of sp³-hybridized carbons (Fsp3) is 0.435. The summed E-state index contributed by atoms with van der Waals surface area (Å²) in [6.45, 7) is 4.74. The van der Waals surface area contributed by atoms with Crippen LogP contribution in [0.1, 0.15) is 64.3 Å². The highest BCUT2D eigenvalue weighted by atomic mass is 32.2. The number of thiophene rings is 1. The van der Waals surface area contributed by atoms with Gasteiger partial charge in [-0.2, -0.15) is 4.31 Å². The SMILES string of the molecule is CC(=O)N1CCc2c(sc(NC(=O)c3ccc(S(=O)(=O)N4CCCC[C@@H]4C)cc3)c2C(N)=O)C1. The lowest BCUT2D eigenvalue weighted by atomic mass is 10.0. The highest BCUT2D eigenvalue weighted by Crippen LogP contribution is 2.37. The summed E-state index contributed by atoms with van der Waals surface area (Å²) in [6, 6.07) is 5.74. The van der Waals surface area contributed by atoms with Gasteiger partial charge in [-0.25, -0.2) is 8.42 Å². The second-order valence-electron chi connectivity index (χ2n) is 8.70. The zero-order valence-electron chi connectivity index (χ0n) is 19.2. The normalized spacial score (nSPS) is 18.9. The fourth-order valence-corrected chi connectivity index (χ4v) is 7.50. The van der Waals surface area contributed by atoms with Crippen molar-refractivity contribution in [2.45, 2.75) is 57.0 Å². The molecular weight excluding hydrogens is 476 g/mol. The van der Waals surface area contributed by atoms with Crippen molar-refractivity contribution >= 4 is 44.1 Å². The van der Waals surface area contributed by atoms with Crippen molar-refractivity contribution in [1.82, 2.24) is 9.21 Å². The summed E-state index contributed by atoms with van der Waals surface area (Å²) in [5.74, 6) is -1.17. The van der Waals surface area contributed by atoms with Crippen molar-refractivity contribution in [3.05, 3.63) is 45.8 Å². The van der Waals surface area contributed by atoms with Crippen LogP contribution in [0.15, 0.2) is 29.2 Å². The van der Waals surface area contributed by atoms with Crippen LogP contribution in [-0.2, 0) is 27.8 Å². The summed E-state index contributed by atoms with van der Waals surface area (Å²) in [4.78, 5) is 39.4. The van der Waals surface area contributed by atoms with E-state index in [1.807, 2.05) is 6.92 Å². The van der Waals surface area contributed by atoms with Crippen LogP contribution in [-0.4, -0.2) is 54.5 Å². The summed E-state index contributed by atoms with van der Waals surface area (Å²) in [5, 5.41) is 3.09. The van der Waals surface area contributed by atoms with Gasteiger partial charge in [0.15, 0.2) is 0 Å². The molecule has 34 heavy (non-hydrogen) atoms. The minimum atomic E-state index is -3.63. The first kappa shape index (κ1) is 24.4. The predicted molar refractivity (Wildman–Crippen MR) is 129 cm³/mol. The van der Waals surface area contributed by atoms with Gasteiger partial charge in [0.1, 0.15) is 5.00 Å². The van der Waals surface area contributed by atoms with Crippen LogP contribution in [0.25, 0.3) is 0 Å². The first-order chi connectivity index (χ1) is 16.1. The molecule has 9 nitrogen and oxygen atoms in total. The molecule has 11 heteroatoms. The molecule has 1 fully saturated rings. The molecule has 2 aliphatic rings. The molecule has 4 rings (SSSR count). The van der Waals surface area contributed by atoms with Crippen LogP contribution in [0.2, 0.25) is 0 Å². The number of nitrogens with zero attached hydrogens (tertiary/aromatic N) is 2. The third-order valence-corrected chi connectivity index (χ3v) is 9.60. The molecule has 2 aliphatic heterocycles. The molecule has 3 amide bonds. The summed E-state index contributed by atoms with van der Waals surface area (Å²) >= 11 is 1.23. The van der Waals surface area contributed by atoms with Gasteiger partial charge in [-0.05, 0) is 56.0 Å². The third kappa shape index (κ3) is 4.59. The Morgan fingerprint density at radius 2 is 1.82 bits per heavy atom. The standard InChI is InChI=1S/C23H28N4O5S2/c1-14-5-3-4-11-27(14)34(31,32)17-8-6-16(7-9-17)22(30)25-23-20(21(24)29)18-10-12-26(15(2)28)13-19(18)33-23/h6-9,14H,3-5,10-13H2,1-2H3,(H2,24,29)(H,25,30)/t14-/m0/s1. The van der Waals surface area contributed by atoms with Crippen molar-refractivity contribution in [2.75, 3.05) is 18.4 Å². The summed E-state index contributed by atoms with van der Waals surface area (Å²) in [7, 11) is -3.63. The first-order valence-electron chi connectivity index (χ1n) is 11.2. The average molecular weight is 505 g/mol. The number of piperidine rings is 1. The number of primary amides is 1. The number of carbonyl (C=O) groups excluding carboxylic acids is 3. The Bertz CT molecular complexity index is 1240. The van der Waals surface area contributed by atoms with E-state index in [0.29, 0.717) is 31.1 Å². The van der Waals surface area contributed by atoms with Gasteiger partial charge in [0.25, 0.3) is 11.8 Å². The van der Waals surface area contributed by atoms with Crippen LogP contribution in [0.3, 0.4) is 0 Å². The molecule has 3 N–H and O–H groups in total. The Morgan fingerprint density at radius 3 is 2.44 bits per heavy atom. The van der Waals surface area contributed by atoms with Gasteiger partial charge in [-0.3, -0.25) is 14.4 Å². The second kappa shape index (κ2) is 9.47. The maximum Gasteiger partial charge on any atom is 0.256 e. The average Bonchev–Trinajstić information content (AvgIpc) is 3.16. The van der Waals surface area contributed by atoms with E-state index >= 15 is 0 Å². The third-order valence-electron chi connectivity index (χ3n) is 6.44. The van der Waals surface area contributed by atoms with Gasteiger partial charge in [-0.1, -0.05) is 6.42 Å². The van der Waals surface area contributed by atoms with Crippen molar-refractivity contribution in [3.8, 4) is 0 Å². The van der Waals surface area contributed by atoms with E-state index in [-0.39, 0.29) is 28.0 Å². The smallest absolute Gasteiger partial charge is 0.256 e. The lowest BCUT2D eigenvalue weighted by Gasteiger charge is -2.32. The topological polar surface area (TPSA) is 130 Å². The zero-order valence-corrected chi connectivity index (χ0v) is 20.8.